The van der Waals surface area contributed by atoms with E-state index in [4.69, 9.17) is 14.7 Å². The number of hydrogen-bond donors (Lipinski definition) is 2. The lowest BCUT2D eigenvalue weighted by Crippen LogP contribution is -2.36. The Labute approximate surface area is 176 Å². The molecule has 2 fully saturated rings. The Balaban J connectivity index is 1.42. The van der Waals surface area contributed by atoms with Gasteiger partial charge in [-0.2, -0.15) is 0 Å². The maximum Gasteiger partial charge on any atom is 0.146 e. The van der Waals surface area contributed by atoms with Gasteiger partial charge in [0.25, 0.3) is 0 Å². The van der Waals surface area contributed by atoms with Crippen molar-refractivity contribution >= 4 is 27.4 Å². The van der Waals surface area contributed by atoms with Gasteiger partial charge in [0.2, 0.25) is 0 Å². The Morgan fingerprint density at radius 3 is 2.72 bits per heavy atom. The van der Waals surface area contributed by atoms with Gasteiger partial charge in [0.15, 0.2) is 0 Å². The van der Waals surface area contributed by atoms with Crippen LogP contribution in [0, 0.1) is 5.92 Å². The summed E-state index contributed by atoms with van der Waals surface area (Å²) in [6.07, 6.45) is 9.33. The molecule has 1 atom stereocenters. The van der Waals surface area contributed by atoms with E-state index >= 15 is 0 Å². The van der Waals surface area contributed by atoms with Gasteiger partial charge in [0, 0.05) is 24.5 Å². The van der Waals surface area contributed by atoms with Crippen LogP contribution >= 0.6 is 11.3 Å². The second-order valence-electron chi connectivity index (χ2n) is 8.76. The number of aromatic nitrogens is 2. The maximum absolute atomic E-state index is 10.7. The van der Waals surface area contributed by atoms with Crippen LogP contribution in [0.4, 0.5) is 5.82 Å². The summed E-state index contributed by atoms with van der Waals surface area (Å²) in [7, 11) is 0. The summed E-state index contributed by atoms with van der Waals surface area (Å²) in [5, 5.41) is 15.4. The third kappa shape index (κ3) is 4.29. The number of aryl methyl sites for hydroxylation is 2. The zero-order chi connectivity index (χ0) is 19.6. The highest BCUT2D eigenvalue weighted by Gasteiger charge is 2.25. The van der Waals surface area contributed by atoms with Crippen molar-refractivity contribution in [3.05, 3.63) is 16.3 Å². The average Bonchev–Trinajstić information content (AvgIpc) is 3.40. The van der Waals surface area contributed by atoms with E-state index in [0.717, 1.165) is 68.6 Å². The Kier molecular flexibility index (Phi) is 5.99. The predicted octanol–water partition coefficient (Wildman–Crippen LogP) is 3.37. The van der Waals surface area contributed by atoms with Crippen molar-refractivity contribution in [1.82, 2.24) is 14.9 Å². The lowest BCUT2D eigenvalue weighted by molar-refractivity contribution is 0.0331. The molecule has 0 radical (unpaired) electrons. The molecule has 2 aromatic rings. The van der Waals surface area contributed by atoms with Crippen molar-refractivity contribution < 1.29 is 9.84 Å². The quantitative estimate of drug-likeness (QED) is 0.752. The molecule has 6 nitrogen and oxygen atoms in total. The number of aliphatic hydroxyl groups excluding tert-OH is 1. The highest BCUT2D eigenvalue weighted by Crippen LogP contribution is 2.39. The van der Waals surface area contributed by atoms with Gasteiger partial charge in [-0.05, 0) is 50.0 Å². The van der Waals surface area contributed by atoms with E-state index in [1.807, 2.05) is 11.3 Å². The van der Waals surface area contributed by atoms with Crippen LogP contribution < -0.4 is 5.32 Å². The van der Waals surface area contributed by atoms with Crippen molar-refractivity contribution in [2.75, 3.05) is 38.2 Å². The number of anilines is 1. The molecular formula is C22H32N4O2S. The molecule has 1 saturated carbocycles. The number of ether oxygens (including phenoxy) is 1. The number of nitrogens with one attached hydrogen (secondary N) is 1. The molecule has 1 unspecified atom stereocenters. The lowest BCUT2D eigenvalue weighted by atomic mass is 9.97. The van der Waals surface area contributed by atoms with Gasteiger partial charge < -0.3 is 15.2 Å². The number of fused-ring (bicyclic) bond motifs is 3. The zero-order valence-electron chi connectivity index (χ0n) is 17.2. The number of thiophene rings is 1. The molecule has 3 aliphatic rings. The molecule has 7 heteroatoms. The van der Waals surface area contributed by atoms with Crippen LogP contribution in [-0.4, -0.2) is 58.9 Å². The first kappa shape index (κ1) is 19.7. The molecule has 2 N–H and O–H groups in total. The fourth-order valence-electron chi connectivity index (χ4n) is 5.07. The molecule has 0 bridgehead atoms. The molecule has 0 aromatic carbocycles. The van der Waals surface area contributed by atoms with Crippen molar-refractivity contribution in [2.45, 2.75) is 64.0 Å². The summed E-state index contributed by atoms with van der Waals surface area (Å²) >= 11 is 1.85. The standard InChI is InChI=1S/C22H32N4O2S/c27-17(15-5-1-2-6-15)13-23-21-20-16-7-3-4-8-18(16)29-22(20)25-19(24-21)14-26-9-11-28-12-10-26/h15,17,27H,1-14H2,(H,23,24,25). The van der Waals surface area contributed by atoms with Gasteiger partial charge in [-0.1, -0.05) is 12.8 Å². The van der Waals surface area contributed by atoms with Crippen LogP contribution in [0.5, 0.6) is 0 Å². The summed E-state index contributed by atoms with van der Waals surface area (Å²) in [4.78, 5) is 14.9. The van der Waals surface area contributed by atoms with Crippen molar-refractivity contribution in [3.63, 3.8) is 0 Å². The summed E-state index contributed by atoms with van der Waals surface area (Å²) in [6.45, 7) is 4.79. The molecule has 2 aromatic heterocycles. The number of rotatable bonds is 6. The molecule has 2 aliphatic carbocycles. The smallest absolute Gasteiger partial charge is 0.146 e. The Bertz CT molecular complexity index is 843. The van der Waals surface area contributed by atoms with Gasteiger partial charge in [-0.15, -0.1) is 11.3 Å². The lowest BCUT2D eigenvalue weighted by Gasteiger charge is -2.26. The Hall–Kier alpha value is -1.28. The van der Waals surface area contributed by atoms with Gasteiger partial charge in [-0.3, -0.25) is 4.90 Å². The molecular weight excluding hydrogens is 384 g/mol. The third-order valence-corrected chi connectivity index (χ3v) is 7.94. The van der Waals surface area contributed by atoms with E-state index in [0.29, 0.717) is 12.5 Å². The Morgan fingerprint density at radius 2 is 1.90 bits per heavy atom. The van der Waals surface area contributed by atoms with Crippen LogP contribution in [-0.2, 0) is 24.1 Å². The normalized spacial score (nSPS) is 22.1. The summed E-state index contributed by atoms with van der Waals surface area (Å²) in [5.41, 5.74) is 1.45. The second kappa shape index (κ2) is 8.84. The van der Waals surface area contributed by atoms with Gasteiger partial charge in [-0.25, -0.2) is 9.97 Å². The van der Waals surface area contributed by atoms with Crippen molar-refractivity contribution in [3.8, 4) is 0 Å². The fraction of sp³-hybridized carbons (Fsp3) is 0.727. The third-order valence-electron chi connectivity index (χ3n) is 6.75. The maximum atomic E-state index is 10.7. The molecule has 0 spiro atoms. The van der Waals surface area contributed by atoms with Crippen LogP contribution in [0.15, 0.2) is 0 Å². The topological polar surface area (TPSA) is 70.5 Å². The van der Waals surface area contributed by atoms with Crippen molar-refractivity contribution in [2.24, 2.45) is 5.92 Å². The number of nitrogens with zero attached hydrogens (tertiary/aromatic N) is 3. The van der Waals surface area contributed by atoms with Crippen LogP contribution in [0.25, 0.3) is 10.2 Å². The number of hydrogen-bond acceptors (Lipinski definition) is 7. The largest absolute Gasteiger partial charge is 0.391 e. The SMILES string of the molecule is OC(CNc1nc(CN2CCOCC2)nc2sc3c(c12)CCCC3)C1CCCC1. The first-order valence-corrected chi connectivity index (χ1v) is 12.1. The minimum absolute atomic E-state index is 0.292. The van der Waals surface area contributed by atoms with E-state index in [2.05, 4.69) is 10.2 Å². The van der Waals surface area contributed by atoms with E-state index < -0.39 is 0 Å². The molecule has 0 amide bonds. The highest BCUT2D eigenvalue weighted by atomic mass is 32.1. The van der Waals surface area contributed by atoms with E-state index in [1.54, 1.807) is 0 Å². The number of aliphatic hydroxyl groups is 1. The van der Waals surface area contributed by atoms with E-state index in [9.17, 15) is 5.11 Å². The first-order chi connectivity index (χ1) is 14.3. The average molecular weight is 417 g/mol. The molecule has 3 heterocycles. The minimum Gasteiger partial charge on any atom is -0.391 e. The molecule has 1 aliphatic heterocycles. The molecule has 1 saturated heterocycles. The molecule has 29 heavy (non-hydrogen) atoms. The zero-order valence-corrected chi connectivity index (χ0v) is 18.0. The summed E-state index contributed by atoms with van der Waals surface area (Å²) < 4.78 is 5.48. The molecule has 5 rings (SSSR count). The Morgan fingerprint density at radius 1 is 1.10 bits per heavy atom. The van der Waals surface area contributed by atoms with Crippen LogP contribution in [0.3, 0.4) is 0 Å². The predicted molar refractivity (Wildman–Crippen MR) is 117 cm³/mol. The van der Waals surface area contributed by atoms with Gasteiger partial charge >= 0.3 is 0 Å². The fourth-order valence-corrected chi connectivity index (χ4v) is 6.35. The monoisotopic (exact) mass is 416 g/mol. The van der Waals surface area contributed by atoms with Gasteiger partial charge in [0.05, 0.1) is 31.2 Å². The summed E-state index contributed by atoms with van der Waals surface area (Å²) in [5.74, 6) is 2.26. The van der Waals surface area contributed by atoms with Crippen molar-refractivity contribution in [1.29, 1.82) is 0 Å². The highest BCUT2D eigenvalue weighted by molar-refractivity contribution is 7.19. The van der Waals surface area contributed by atoms with Crippen LogP contribution in [0.2, 0.25) is 0 Å². The second-order valence-corrected chi connectivity index (χ2v) is 9.84. The summed E-state index contributed by atoms with van der Waals surface area (Å²) in [6, 6.07) is 0. The van der Waals surface area contributed by atoms with E-state index in [-0.39, 0.29) is 6.10 Å². The first-order valence-electron chi connectivity index (χ1n) is 11.3. The van der Waals surface area contributed by atoms with E-state index in [1.165, 1.54) is 47.9 Å². The molecule has 158 valence electrons. The minimum atomic E-state index is -0.292. The van der Waals surface area contributed by atoms with Crippen LogP contribution in [0.1, 0.15) is 54.8 Å². The number of morpholine rings is 1. The van der Waals surface area contributed by atoms with Gasteiger partial charge in [0.1, 0.15) is 16.5 Å².